The van der Waals surface area contributed by atoms with E-state index in [0.29, 0.717) is 17.6 Å². The van der Waals surface area contributed by atoms with Crippen LogP contribution in [-0.4, -0.2) is 32.6 Å². The summed E-state index contributed by atoms with van der Waals surface area (Å²) in [5.74, 6) is 0.352. The van der Waals surface area contributed by atoms with Crippen LogP contribution in [0.4, 0.5) is 0 Å². The molecule has 4 N–H and O–H groups in total. The fourth-order valence-electron chi connectivity index (χ4n) is 2.58. The van der Waals surface area contributed by atoms with E-state index in [1.54, 1.807) is 24.3 Å². The lowest BCUT2D eigenvalue weighted by atomic mass is 9.80. The predicted molar refractivity (Wildman–Crippen MR) is 88.4 cm³/mol. The Kier molecular flexibility index (Phi) is 3.89. The van der Waals surface area contributed by atoms with Gasteiger partial charge in [-0.1, -0.05) is 24.3 Å². The van der Waals surface area contributed by atoms with E-state index in [2.05, 4.69) is 4.98 Å². The number of aryl methyl sites for hydroxylation is 1. The lowest BCUT2D eigenvalue weighted by Crippen LogP contribution is -2.29. The molecular weight excluding hydrogens is 293 g/mol. The van der Waals surface area contributed by atoms with Crippen molar-refractivity contribution >= 4 is 29.5 Å². The average Bonchev–Trinajstić information content (AvgIpc) is 2.83. The molecule has 0 saturated carbocycles. The van der Waals surface area contributed by atoms with Gasteiger partial charge in [0.1, 0.15) is 5.82 Å². The monoisotopic (exact) mass is 309 g/mol. The number of carbonyl (C=O) groups is 1. The van der Waals surface area contributed by atoms with Gasteiger partial charge >= 0.3 is 7.12 Å². The summed E-state index contributed by atoms with van der Waals surface area (Å²) in [5.41, 5.74) is 8.83. The van der Waals surface area contributed by atoms with Gasteiger partial charge in [0.15, 0.2) is 0 Å². The topological polar surface area (TPSA) is 101 Å². The molecule has 1 aromatic heterocycles. The van der Waals surface area contributed by atoms with E-state index in [-0.39, 0.29) is 0 Å². The van der Waals surface area contributed by atoms with E-state index in [9.17, 15) is 4.79 Å². The Balaban J connectivity index is 1.96. The summed E-state index contributed by atoms with van der Waals surface area (Å²) < 4.78 is 2.03. The van der Waals surface area contributed by atoms with Crippen LogP contribution in [0.1, 0.15) is 21.7 Å². The third kappa shape index (κ3) is 2.97. The number of nitrogens with two attached hydrogens (primary N) is 1. The van der Waals surface area contributed by atoms with Gasteiger partial charge < -0.3 is 20.3 Å². The molecular formula is C16H16BN3O3. The van der Waals surface area contributed by atoms with E-state index >= 15 is 0 Å². The maximum absolute atomic E-state index is 11.3. The van der Waals surface area contributed by atoms with Crippen LogP contribution in [0.25, 0.3) is 11.0 Å². The first-order valence-corrected chi connectivity index (χ1v) is 7.17. The molecule has 0 aliphatic heterocycles. The van der Waals surface area contributed by atoms with Crippen molar-refractivity contribution in [2.45, 2.75) is 13.5 Å². The largest absolute Gasteiger partial charge is 0.488 e. The van der Waals surface area contributed by atoms with Crippen LogP contribution in [0.5, 0.6) is 0 Å². The highest BCUT2D eigenvalue weighted by Gasteiger charge is 2.12. The van der Waals surface area contributed by atoms with Gasteiger partial charge in [0.25, 0.3) is 0 Å². The number of benzene rings is 2. The number of aromatic nitrogens is 2. The minimum absolute atomic E-state index is 0.434. The quantitative estimate of drug-likeness (QED) is 0.598. The minimum atomic E-state index is -1.47. The van der Waals surface area contributed by atoms with Gasteiger partial charge in [0.05, 0.1) is 11.0 Å². The van der Waals surface area contributed by atoms with Crippen LogP contribution in [0.2, 0.25) is 0 Å². The molecule has 6 nitrogen and oxygen atoms in total. The van der Waals surface area contributed by atoms with E-state index in [1.165, 1.54) is 0 Å². The van der Waals surface area contributed by atoms with Gasteiger partial charge in [-0.05, 0) is 36.1 Å². The summed E-state index contributed by atoms with van der Waals surface area (Å²) in [6.07, 6.45) is 0. The van der Waals surface area contributed by atoms with Crippen molar-refractivity contribution in [3.8, 4) is 0 Å². The average molecular weight is 309 g/mol. The molecule has 1 amide bonds. The second-order valence-corrected chi connectivity index (χ2v) is 5.43. The highest BCUT2D eigenvalue weighted by molar-refractivity contribution is 6.58. The zero-order valence-corrected chi connectivity index (χ0v) is 12.6. The standard InChI is InChI=1S/C16H16BN3O3/c1-10-19-14-8-12(16(18)21)4-7-15(14)20(10)9-11-2-5-13(6-3-11)17(22)23/h2-8,22-23H,9H2,1H3,(H2,18,21). The summed E-state index contributed by atoms with van der Waals surface area (Å²) in [4.78, 5) is 15.7. The molecule has 0 unspecified atom stereocenters. The van der Waals surface area contributed by atoms with Crippen molar-refractivity contribution in [3.05, 3.63) is 59.4 Å². The van der Waals surface area contributed by atoms with Crippen LogP contribution >= 0.6 is 0 Å². The van der Waals surface area contributed by atoms with E-state index < -0.39 is 13.0 Å². The van der Waals surface area contributed by atoms with Crippen molar-refractivity contribution in [1.82, 2.24) is 9.55 Å². The van der Waals surface area contributed by atoms with E-state index in [0.717, 1.165) is 22.4 Å². The number of carbonyl (C=O) groups excluding carboxylic acids is 1. The lowest BCUT2D eigenvalue weighted by molar-refractivity contribution is 0.100. The molecule has 0 radical (unpaired) electrons. The minimum Gasteiger partial charge on any atom is -0.423 e. The fraction of sp³-hybridized carbons (Fsp3) is 0.125. The van der Waals surface area contributed by atoms with Gasteiger partial charge in [-0.3, -0.25) is 4.79 Å². The molecule has 0 fully saturated rings. The molecule has 3 aromatic rings. The summed E-state index contributed by atoms with van der Waals surface area (Å²) in [6.45, 7) is 2.50. The smallest absolute Gasteiger partial charge is 0.423 e. The number of amides is 1. The molecule has 2 aromatic carbocycles. The maximum Gasteiger partial charge on any atom is 0.488 e. The third-order valence-electron chi connectivity index (χ3n) is 3.84. The van der Waals surface area contributed by atoms with E-state index in [1.807, 2.05) is 29.7 Å². The van der Waals surface area contributed by atoms with Crippen molar-refractivity contribution in [3.63, 3.8) is 0 Å². The number of nitrogens with zero attached hydrogens (tertiary/aromatic N) is 2. The molecule has 0 aliphatic carbocycles. The van der Waals surface area contributed by atoms with Crippen molar-refractivity contribution in [1.29, 1.82) is 0 Å². The van der Waals surface area contributed by atoms with Gasteiger partial charge in [-0.15, -0.1) is 0 Å². The highest BCUT2D eigenvalue weighted by Crippen LogP contribution is 2.19. The Morgan fingerprint density at radius 2 is 1.91 bits per heavy atom. The first-order chi connectivity index (χ1) is 11.0. The number of fused-ring (bicyclic) bond motifs is 1. The second kappa shape index (κ2) is 5.87. The maximum atomic E-state index is 11.3. The molecule has 0 atom stereocenters. The zero-order chi connectivity index (χ0) is 16.6. The van der Waals surface area contributed by atoms with E-state index in [4.69, 9.17) is 15.8 Å². The zero-order valence-electron chi connectivity index (χ0n) is 12.6. The number of hydrogen-bond acceptors (Lipinski definition) is 4. The van der Waals surface area contributed by atoms with Gasteiger partial charge in [0, 0.05) is 12.1 Å². The number of primary amides is 1. The van der Waals surface area contributed by atoms with Crippen molar-refractivity contribution < 1.29 is 14.8 Å². The van der Waals surface area contributed by atoms with Gasteiger partial charge in [-0.25, -0.2) is 4.98 Å². The summed E-state index contributed by atoms with van der Waals surface area (Å²) >= 11 is 0. The fourth-order valence-corrected chi connectivity index (χ4v) is 2.58. The Bertz CT molecular complexity index is 872. The Labute approximate surface area is 133 Å². The molecule has 7 heteroatoms. The first kappa shape index (κ1) is 15.3. The molecule has 0 aliphatic rings. The molecule has 1 heterocycles. The van der Waals surface area contributed by atoms with Gasteiger partial charge in [0.2, 0.25) is 5.91 Å². The Morgan fingerprint density at radius 1 is 1.22 bits per heavy atom. The molecule has 3 rings (SSSR count). The normalized spacial score (nSPS) is 10.9. The van der Waals surface area contributed by atoms with Gasteiger partial charge in [-0.2, -0.15) is 0 Å². The molecule has 23 heavy (non-hydrogen) atoms. The highest BCUT2D eigenvalue weighted by atomic mass is 16.4. The first-order valence-electron chi connectivity index (χ1n) is 7.17. The SMILES string of the molecule is Cc1nc2cc(C(N)=O)ccc2n1Cc1ccc(B(O)O)cc1. The number of hydrogen-bond donors (Lipinski definition) is 3. The molecule has 0 bridgehead atoms. The predicted octanol–water partition coefficient (Wildman–Crippen LogP) is 0.172. The molecule has 116 valence electrons. The van der Waals surface area contributed by atoms with Crippen LogP contribution in [-0.2, 0) is 6.54 Å². The summed E-state index contributed by atoms with van der Waals surface area (Å²) in [6, 6.07) is 12.3. The van der Waals surface area contributed by atoms with Crippen LogP contribution in [0, 0.1) is 6.92 Å². The number of rotatable bonds is 4. The third-order valence-corrected chi connectivity index (χ3v) is 3.84. The van der Waals surface area contributed by atoms with Crippen LogP contribution < -0.4 is 11.2 Å². The Hall–Kier alpha value is -2.64. The van der Waals surface area contributed by atoms with Crippen molar-refractivity contribution in [2.24, 2.45) is 5.73 Å². The second-order valence-electron chi connectivity index (χ2n) is 5.43. The van der Waals surface area contributed by atoms with Crippen LogP contribution in [0.3, 0.4) is 0 Å². The van der Waals surface area contributed by atoms with Crippen LogP contribution in [0.15, 0.2) is 42.5 Å². The molecule has 0 spiro atoms. The summed E-state index contributed by atoms with van der Waals surface area (Å²) in [7, 11) is -1.47. The number of imidazole rings is 1. The Morgan fingerprint density at radius 3 is 2.52 bits per heavy atom. The lowest BCUT2D eigenvalue weighted by Gasteiger charge is -2.08. The molecule has 0 saturated heterocycles. The van der Waals surface area contributed by atoms with Crippen molar-refractivity contribution in [2.75, 3.05) is 0 Å². The summed E-state index contributed by atoms with van der Waals surface area (Å²) in [5, 5.41) is 18.3.